The number of methoxy groups -OCH3 is 1. The Labute approximate surface area is 202 Å². The molecule has 33 heavy (non-hydrogen) atoms. The molecule has 4 aromatic rings. The lowest BCUT2D eigenvalue weighted by atomic mass is 10.1. The molecule has 0 aliphatic rings. The molecule has 0 saturated carbocycles. The van der Waals surface area contributed by atoms with E-state index in [1.54, 1.807) is 36.3 Å². The number of benzene rings is 3. The monoisotopic (exact) mass is 478 g/mol. The average Bonchev–Trinajstić information content (AvgIpc) is 3.34. The van der Waals surface area contributed by atoms with Crippen LogP contribution in [0.25, 0.3) is 11.3 Å². The van der Waals surface area contributed by atoms with Crippen molar-refractivity contribution in [2.24, 2.45) is 0 Å². The van der Waals surface area contributed by atoms with Crippen molar-refractivity contribution in [2.75, 3.05) is 25.2 Å². The van der Waals surface area contributed by atoms with Crippen LogP contribution in [0.3, 0.4) is 0 Å². The third kappa shape index (κ3) is 6.12. The molecule has 5 nitrogen and oxygen atoms in total. The van der Waals surface area contributed by atoms with E-state index >= 15 is 0 Å². The Hall–Kier alpha value is -3.35. The first kappa shape index (κ1) is 22.8. The standard InChI is InChI=1S/C26H23ClN2O3S/c1-31-22-11-7-20(8-12-22)24-18-33-26(28-24)29(16-15-19-5-3-2-4-6-19)25(30)17-32-23-13-9-21(27)10-14-23/h2-14,18H,15-17H2,1H3. The molecule has 0 unspecified atom stereocenters. The molecular formula is C26H23ClN2O3S. The number of aromatic nitrogens is 1. The number of hydrogen-bond donors (Lipinski definition) is 0. The summed E-state index contributed by atoms with van der Waals surface area (Å²) in [6.07, 6.45) is 0.713. The number of carbonyl (C=O) groups is 1. The Balaban J connectivity index is 1.51. The summed E-state index contributed by atoms with van der Waals surface area (Å²) in [5.41, 5.74) is 2.93. The molecule has 3 aromatic carbocycles. The minimum absolute atomic E-state index is 0.0894. The predicted octanol–water partition coefficient (Wildman–Crippen LogP) is 6.13. The molecule has 0 aliphatic heterocycles. The Morgan fingerprint density at radius 3 is 2.36 bits per heavy atom. The summed E-state index contributed by atoms with van der Waals surface area (Å²) < 4.78 is 10.9. The molecule has 1 heterocycles. The van der Waals surface area contributed by atoms with Crippen LogP contribution in [0.2, 0.25) is 5.02 Å². The van der Waals surface area contributed by atoms with E-state index in [0.29, 0.717) is 28.9 Å². The summed E-state index contributed by atoms with van der Waals surface area (Å²) in [4.78, 5) is 19.6. The van der Waals surface area contributed by atoms with Gasteiger partial charge in [0.2, 0.25) is 0 Å². The number of rotatable bonds is 9. The van der Waals surface area contributed by atoms with Crippen LogP contribution < -0.4 is 14.4 Å². The highest BCUT2D eigenvalue weighted by molar-refractivity contribution is 7.14. The Morgan fingerprint density at radius 2 is 1.67 bits per heavy atom. The van der Waals surface area contributed by atoms with Crippen molar-refractivity contribution in [3.8, 4) is 22.8 Å². The van der Waals surface area contributed by atoms with Gasteiger partial charge in [0.15, 0.2) is 11.7 Å². The van der Waals surface area contributed by atoms with Crippen LogP contribution in [0.5, 0.6) is 11.5 Å². The van der Waals surface area contributed by atoms with Gasteiger partial charge in [0.05, 0.1) is 12.8 Å². The van der Waals surface area contributed by atoms with Crippen molar-refractivity contribution in [1.82, 2.24) is 4.98 Å². The minimum Gasteiger partial charge on any atom is -0.497 e. The SMILES string of the molecule is COc1ccc(-c2csc(N(CCc3ccccc3)C(=O)COc3ccc(Cl)cc3)n2)cc1. The molecule has 0 atom stereocenters. The first-order valence-corrected chi connectivity index (χ1v) is 11.7. The van der Waals surface area contributed by atoms with Gasteiger partial charge in [-0.3, -0.25) is 9.69 Å². The molecule has 0 radical (unpaired) electrons. The Morgan fingerprint density at radius 1 is 0.970 bits per heavy atom. The van der Waals surface area contributed by atoms with Crippen molar-refractivity contribution in [3.63, 3.8) is 0 Å². The maximum atomic E-state index is 13.2. The van der Waals surface area contributed by atoms with Crippen LogP contribution >= 0.6 is 22.9 Å². The van der Waals surface area contributed by atoms with Crippen molar-refractivity contribution in [2.45, 2.75) is 6.42 Å². The van der Waals surface area contributed by atoms with Gasteiger partial charge in [-0.15, -0.1) is 11.3 Å². The van der Waals surface area contributed by atoms with Gasteiger partial charge in [0.1, 0.15) is 11.5 Å². The quantitative estimate of drug-likeness (QED) is 0.290. The van der Waals surface area contributed by atoms with E-state index in [-0.39, 0.29) is 12.5 Å². The zero-order valence-corrected chi connectivity index (χ0v) is 19.7. The molecule has 4 rings (SSSR count). The largest absolute Gasteiger partial charge is 0.497 e. The molecule has 0 spiro atoms. The lowest BCUT2D eigenvalue weighted by Crippen LogP contribution is -2.36. The fourth-order valence-corrected chi connectivity index (χ4v) is 4.25. The number of anilines is 1. The molecule has 0 N–H and O–H groups in total. The van der Waals surface area contributed by atoms with E-state index in [2.05, 4.69) is 12.1 Å². The second-order valence-electron chi connectivity index (χ2n) is 7.27. The number of nitrogens with zero attached hydrogens (tertiary/aromatic N) is 2. The molecule has 0 saturated heterocycles. The summed E-state index contributed by atoms with van der Waals surface area (Å²) in [6, 6.07) is 24.7. The summed E-state index contributed by atoms with van der Waals surface area (Å²) in [7, 11) is 1.64. The second-order valence-corrected chi connectivity index (χ2v) is 8.54. The predicted molar refractivity (Wildman–Crippen MR) is 134 cm³/mol. The van der Waals surface area contributed by atoms with Crippen LogP contribution in [-0.4, -0.2) is 31.2 Å². The first-order chi connectivity index (χ1) is 16.1. The third-order valence-corrected chi connectivity index (χ3v) is 6.17. The van der Waals surface area contributed by atoms with Crippen LogP contribution in [0.4, 0.5) is 5.13 Å². The molecule has 168 valence electrons. The first-order valence-electron chi connectivity index (χ1n) is 10.4. The van der Waals surface area contributed by atoms with Gasteiger partial charge in [0.25, 0.3) is 5.91 Å². The minimum atomic E-state index is -0.156. The number of thiazole rings is 1. The van der Waals surface area contributed by atoms with Crippen LogP contribution in [0, 0.1) is 0 Å². The van der Waals surface area contributed by atoms with E-state index in [1.165, 1.54) is 11.3 Å². The zero-order valence-electron chi connectivity index (χ0n) is 18.1. The molecule has 1 amide bonds. The average molecular weight is 479 g/mol. The normalized spacial score (nSPS) is 10.6. The van der Waals surface area contributed by atoms with Gasteiger partial charge in [-0.25, -0.2) is 4.98 Å². The van der Waals surface area contributed by atoms with Gasteiger partial charge in [-0.05, 0) is 60.5 Å². The summed E-state index contributed by atoms with van der Waals surface area (Å²) >= 11 is 7.37. The highest BCUT2D eigenvalue weighted by Gasteiger charge is 2.20. The van der Waals surface area contributed by atoms with Gasteiger partial charge in [0, 0.05) is 22.5 Å². The lowest BCUT2D eigenvalue weighted by Gasteiger charge is -2.20. The van der Waals surface area contributed by atoms with Crippen molar-refractivity contribution >= 4 is 34.0 Å². The number of ether oxygens (including phenoxy) is 2. The van der Waals surface area contributed by atoms with E-state index in [1.807, 2.05) is 47.8 Å². The lowest BCUT2D eigenvalue weighted by molar-refractivity contribution is -0.120. The third-order valence-electron chi connectivity index (χ3n) is 5.05. The fraction of sp³-hybridized carbons (Fsp3) is 0.154. The smallest absolute Gasteiger partial charge is 0.266 e. The Bertz CT molecular complexity index is 1180. The maximum absolute atomic E-state index is 13.2. The zero-order chi connectivity index (χ0) is 23.0. The van der Waals surface area contributed by atoms with Crippen molar-refractivity contribution in [3.05, 3.63) is 94.8 Å². The molecule has 0 bridgehead atoms. The molecule has 0 aliphatic carbocycles. The van der Waals surface area contributed by atoms with Gasteiger partial charge in [-0.2, -0.15) is 0 Å². The fourth-order valence-electron chi connectivity index (χ4n) is 3.25. The summed E-state index contributed by atoms with van der Waals surface area (Å²) in [5.74, 6) is 1.22. The highest BCUT2D eigenvalue weighted by atomic mass is 35.5. The van der Waals surface area contributed by atoms with Crippen molar-refractivity contribution in [1.29, 1.82) is 0 Å². The molecule has 0 fully saturated rings. The van der Waals surface area contributed by atoms with E-state index in [0.717, 1.165) is 22.6 Å². The summed E-state index contributed by atoms with van der Waals surface area (Å²) in [5, 5.41) is 3.22. The molecule has 1 aromatic heterocycles. The number of amides is 1. The van der Waals surface area contributed by atoms with Crippen molar-refractivity contribution < 1.29 is 14.3 Å². The van der Waals surface area contributed by atoms with Gasteiger partial charge >= 0.3 is 0 Å². The van der Waals surface area contributed by atoms with Crippen LogP contribution in [-0.2, 0) is 11.2 Å². The van der Waals surface area contributed by atoms with Gasteiger partial charge in [-0.1, -0.05) is 41.9 Å². The van der Waals surface area contributed by atoms with Crippen LogP contribution in [0.15, 0.2) is 84.2 Å². The second kappa shape index (κ2) is 11.0. The topological polar surface area (TPSA) is 51.7 Å². The highest BCUT2D eigenvalue weighted by Crippen LogP contribution is 2.29. The molecular weight excluding hydrogens is 456 g/mol. The van der Waals surface area contributed by atoms with Crippen LogP contribution in [0.1, 0.15) is 5.56 Å². The van der Waals surface area contributed by atoms with Gasteiger partial charge < -0.3 is 9.47 Å². The number of halogens is 1. The summed E-state index contributed by atoms with van der Waals surface area (Å²) in [6.45, 7) is 0.413. The number of carbonyl (C=O) groups excluding carboxylic acids is 1. The number of hydrogen-bond acceptors (Lipinski definition) is 5. The maximum Gasteiger partial charge on any atom is 0.266 e. The van der Waals surface area contributed by atoms with E-state index < -0.39 is 0 Å². The Kier molecular flexibility index (Phi) is 7.60. The van der Waals surface area contributed by atoms with E-state index in [9.17, 15) is 4.79 Å². The van der Waals surface area contributed by atoms with E-state index in [4.69, 9.17) is 26.1 Å². The molecule has 7 heteroatoms.